The molecule has 0 bridgehead atoms. The number of methoxy groups -OCH3 is 1. The highest BCUT2D eigenvalue weighted by Gasteiger charge is 2.54. The highest BCUT2D eigenvalue weighted by atomic mass is 16.5. The number of hydrogen-bond donors (Lipinski definition) is 1. The lowest BCUT2D eigenvalue weighted by molar-refractivity contribution is -0.164. The van der Waals surface area contributed by atoms with Crippen LogP contribution in [0, 0.1) is 5.41 Å². The Labute approximate surface area is 127 Å². The molecule has 0 aromatic carbocycles. The van der Waals surface area contributed by atoms with Crippen molar-refractivity contribution in [1.82, 2.24) is 10.2 Å². The van der Waals surface area contributed by atoms with E-state index in [1.165, 1.54) is 0 Å². The molecule has 0 radical (unpaired) electrons. The molecular weight excluding hydrogens is 268 g/mol. The highest BCUT2D eigenvalue weighted by molar-refractivity contribution is 6.00. The lowest BCUT2D eigenvalue weighted by Crippen LogP contribution is -2.73. The van der Waals surface area contributed by atoms with Crippen LogP contribution in [0.2, 0.25) is 0 Å². The van der Waals surface area contributed by atoms with Gasteiger partial charge in [-0.25, -0.2) is 0 Å². The average Bonchev–Trinajstić information content (AvgIpc) is 2.43. The Morgan fingerprint density at radius 2 is 1.86 bits per heavy atom. The molecule has 0 aromatic rings. The Balaban J connectivity index is 2.32. The van der Waals surface area contributed by atoms with Gasteiger partial charge in [0.2, 0.25) is 11.8 Å². The Bertz CT molecular complexity index is 408. The minimum atomic E-state index is -0.643. The molecule has 5 heteroatoms. The van der Waals surface area contributed by atoms with Crippen molar-refractivity contribution in [3.05, 3.63) is 0 Å². The molecule has 5 nitrogen and oxygen atoms in total. The van der Waals surface area contributed by atoms with Crippen LogP contribution in [-0.2, 0) is 14.3 Å². The Morgan fingerprint density at radius 1 is 1.24 bits per heavy atom. The van der Waals surface area contributed by atoms with Crippen molar-refractivity contribution in [3.8, 4) is 0 Å². The van der Waals surface area contributed by atoms with Gasteiger partial charge in [0, 0.05) is 13.7 Å². The van der Waals surface area contributed by atoms with Crippen LogP contribution < -0.4 is 5.32 Å². The molecule has 1 heterocycles. The molecule has 1 aliphatic heterocycles. The summed E-state index contributed by atoms with van der Waals surface area (Å²) in [6.45, 7) is 6.93. The fourth-order valence-corrected chi connectivity index (χ4v) is 3.54. The van der Waals surface area contributed by atoms with E-state index in [1.54, 1.807) is 7.11 Å². The van der Waals surface area contributed by atoms with Crippen LogP contribution in [0.25, 0.3) is 0 Å². The van der Waals surface area contributed by atoms with Crippen molar-refractivity contribution in [3.63, 3.8) is 0 Å². The number of ether oxygens (including phenoxy) is 1. The lowest BCUT2D eigenvalue weighted by Gasteiger charge is -2.52. The largest absolute Gasteiger partial charge is 0.383 e. The van der Waals surface area contributed by atoms with Crippen LogP contribution >= 0.6 is 0 Å². The fourth-order valence-electron chi connectivity index (χ4n) is 3.54. The molecule has 1 saturated heterocycles. The van der Waals surface area contributed by atoms with Crippen LogP contribution in [0.15, 0.2) is 0 Å². The molecule has 0 aromatic heterocycles. The summed E-state index contributed by atoms with van der Waals surface area (Å²) in [6, 6.07) is -0.450. The number of nitrogens with zero attached hydrogens (tertiary/aromatic N) is 1. The number of nitrogens with one attached hydrogen (secondary N) is 1. The number of piperazine rings is 1. The second-order valence-corrected chi connectivity index (χ2v) is 7.35. The normalized spacial score (nSPS) is 26.1. The zero-order valence-electron chi connectivity index (χ0n) is 13.7. The first-order chi connectivity index (χ1) is 9.83. The summed E-state index contributed by atoms with van der Waals surface area (Å²) in [5.41, 5.74) is -0.927. The van der Waals surface area contributed by atoms with Gasteiger partial charge in [-0.2, -0.15) is 0 Å². The quantitative estimate of drug-likeness (QED) is 0.862. The Hall–Kier alpha value is -1.10. The molecule has 1 saturated carbocycles. The van der Waals surface area contributed by atoms with Crippen molar-refractivity contribution in [2.45, 2.75) is 64.5 Å². The average molecular weight is 296 g/mol. The molecular formula is C16H28N2O3. The third-order valence-electron chi connectivity index (χ3n) is 4.79. The molecule has 2 aliphatic rings. The van der Waals surface area contributed by atoms with E-state index in [4.69, 9.17) is 4.74 Å². The predicted molar refractivity (Wildman–Crippen MR) is 80.8 cm³/mol. The molecule has 1 spiro atoms. The number of amides is 2. The first-order valence-electron chi connectivity index (χ1n) is 7.94. The molecule has 21 heavy (non-hydrogen) atoms. The molecule has 1 aliphatic carbocycles. The van der Waals surface area contributed by atoms with E-state index in [9.17, 15) is 9.59 Å². The summed E-state index contributed by atoms with van der Waals surface area (Å²) in [4.78, 5) is 27.6. The monoisotopic (exact) mass is 296 g/mol. The van der Waals surface area contributed by atoms with E-state index >= 15 is 0 Å². The number of hydrogen-bond acceptors (Lipinski definition) is 3. The molecule has 120 valence electrons. The van der Waals surface area contributed by atoms with Gasteiger partial charge in [0.15, 0.2) is 0 Å². The number of rotatable bonds is 3. The second-order valence-electron chi connectivity index (χ2n) is 7.35. The fraction of sp³-hybridized carbons (Fsp3) is 0.875. The van der Waals surface area contributed by atoms with Crippen LogP contribution in [0.4, 0.5) is 0 Å². The summed E-state index contributed by atoms with van der Waals surface area (Å²) >= 11 is 0. The first kappa shape index (κ1) is 16.3. The molecule has 1 unspecified atom stereocenters. The van der Waals surface area contributed by atoms with Gasteiger partial charge in [-0.05, 0) is 18.3 Å². The van der Waals surface area contributed by atoms with E-state index < -0.39 is 11.6 Å². The standard InChI is InChI=1S/C16H28N2O3/c1-15(2,3)12-13(19)18(10-11-21-4)16(14(20)17-12)8-6-5-7-9-16/h12H,5-11H2,1-4H3,(H,17,20). The summed E-state index contributed by atoms with van der Waals surface area (Å²) in [7, 11) is 1.63. The van der Waals surface area contributed by atoms with Gasteiger partial charge in [-0.1, -0.05) is 40.0 Å². The minimum Gasteiger partial charge on any atom is -0.383 e. The number of carbonyl (C=O) groups excluding carboxylic acids is 2. The molecule has 2 rings (SSSR count). The summed E-state index contributed by atoms with van der Waals surface area (Å²) < 4.78 is 5.16. The van der Waals surface area contributed by atoms with Gasteiger partial charge in [-0.15, -0.1) is 0 Å². The topological polar surface area (TPSA) is 58.6 Å². The van der Waals surface area contributed by atoms with Crippen molar-refractivity contribution in [1.29, 1.82) is 0 Å². The molecule has 2 amide bonds. The molecule has 2 fully saturated rings. The third-order valence-corrected chi connectivity index (χ3v) is 4.79. The van der Waals surface area contributed by atoms with E-state index in [2.05, 4.69) is 5.32 Å². The van der Waals surface area contributed by atoms with Gasteiger partial charge in [0.05, 0.1) is 6.61 Å². The smallest absolute Gasteiger partial charge is 0.246 e. The van der Waals surface area contributed by atoms with E-state index in [-0.39, 0.29) is 17.2 Å². The SMILES string of the molecule is COCCN1C(=O)C(C(C)(C)C)NC(=O)C12CCCCC2. The van der Waals surface area contributed by atoms with Crippen LogP contribution in [0.5, 0.6) is 0 Å². The second kappa shape index (κ2) is 5.95. The summed E-state index contributed by atoms with van der Waals surface area (Å²) in [6.07, 6.45) is 4.69. The lowest BCUT2D eigenvalue weighted by atomic mass is 9.74. The van der Waals surface area contributed by atoms with Gasteiger partial charge >= 0.3 is 0 Å². The maximum Gasteiger partial charge on any atom is 0.246 e. The Kier molecular flexibility index (Phi) is 4.61. The first-order valence-corrected chi connectivity index (χ1v) is 7.94. The summed E-state index contributed by atoms with van der Waals surface area (Å²) in [5.74, 6) is 0.0684. The van der Waals surface area contributed by atoms with Gasteiger partial charge in [0.25, 0.3) is 0 Å². The van der Waals surface area contributed by atoms with Crippen molar-refractivity contribution < 1.29 is 14.3 Å². The van der Waals surface area contributed by atoms with Crippen LogP contribution in [0.1, 0.15) is 52.9 Å². The van der Waals surface area contributed by atoms with E-state index in [0.717, 1.165) is 32.1 Å². The van der Waals surface area contributed by atoms with Crippen LogP contribution in [0.3, 0.4) is 0 Å². The van der Waals surface area contributed by atoms with Crippen molar-refractivity contribution in [2.24, 2.45) is 5.41 Å². The maximum atomic E-state index is 13.0. The van der Waals surface area contributed by atoms with Gasteiger partial charge in [-0.3, -0.25) is 9.59 Å². The van der Waals surface area contributed by atoms with Gasteiger partial charge in [0.1, 0.15) is 11.6 Å². The van der Waals surface area contributed by atoms with Crippen LogP contribution in [-0.4, -0.2) is 48.6 Å². The van der Waals surface area contributed by atoms with E-state index in [1.807, 2.05) is 25.7 Å². The third kappa shape index (κ3) is 2.93. The van der Waals surface area contributed by atoms with Gasteiger partial charge < -0.3 is 15.0 Å². The zero-order chi connectivity index (χ0) is 15.7. The molecule has 1 atom stereocenters. The predicted octanol–water partition coefficient (Wildman–Crippen LogP) is 1.71. The van der Waals surface area contributed by atoms with Crippen molar-refractivity contribution in [2.75, 3.05) is 20.3 Å². The minimum absolute atomic E-state index is 0.0258. The van der Waals surface area contributed by atoms with E-state index in [0.29, 0.717) is 13.2 Å². The molecule has 1 N–H and O–H groups in total. The highest BCUT2D eigenvalue weighted by Crippen LogP contribution is 2.38. The summed E-state index contributed by atoms with van der Waals surface area (Å²) in [5, 5.41) is 3.00. The zero-order valence-corrected chi connectivity index (χ0v) is 13.7. The maximum absolute atomic E-state index is 13.0. The number of carbonyl (C=O) groups is 2. The Morgan fingerprint density at radius 3 is 2.38 bits per heavy atom. The van der Waals surface area contributed by atoms with Crippen molar-refractivity contribution >= 4 is 11.8 Å².